The Morgan fingerprint density at radius 2 is 1.48 bits per heavy atom. The van der Waals surface area contributed by atoms with Crippen LogP contribution in [0.15, 0.2) is 53.4 Å². The van der Waals surface area contributed by atoms with Crippen LogP contribution in [-0.4, -0.2) is 16.0 Å². The molecular weight excluding hydrogens is 353 g/mol. The second-order valence-electron chi connectivity index (χ2n) is 4.95. The topological polar surface area (TPSA) is 37.4 Å². The minimum atomic E-state index is -0.287. The predicted molar refractivity (Wildman–Crippen MR) is 94.4 cm³/mol. The minimum absolute atomic E-state index is 0.236. The zero-order valence-corrected chi connectivity index (χ0v) is 14.2. The summed E-state index contributed by atoms with van der Waals surface area (Å²) < 4.78 is 0. The highest BCUT2D eigenvalue weighted by Gasteiger charge is 2.34. The van der Waals surface area contributed by atoms with Crippen molar-refractivity contribution in [1.82, 2.24) is 4.90 Å². The maximum Gasteiger partial charge on any atom is 0.293 e. The van der Waals surface area contributed by atoms with E-state index < -0.39 is 0 Å². The Balaban J connectivity index is 1.79. The van der Waals surface area contributed by atoms with E-state index in [2.05, 4.69) is 0 Å². The van der Waals surface area contributed by atoms with Crippen molar-refractivity contribution in [3.8, 4) is 0 Å². The molecule has 0 aliphatic carbocycles. The van der Waals surface area contributed by atoms with Crippen LogP contribution in [0.3, 0.4) is 0 Å². The molecule has 0 N–H and O–H groups in total. The monoisotopic (exact) mass is 363 g/mol. The van der Waals surface area contributed by atoms with Crippen LogP contribution in [0.1, 0.15) is 11.1 Å². The van der Waals surface area contributed by atoms with Crippen LogP contribution in [0, 0.1) is 0 Å². The average Bonchev–Trinajstić information content (AvgIpc) is 2.79. The second-order valence-corrected chi connectivity index (χ2v) is 6.81. The van der Waals surface area contributed by atoms with Crippen molar-refractivity contribution in [2.24, 2.45) is 0 Å². The normalized spacial score (nSPS) is 16.4. The summed E-state index contributed by atoms with van der Waals surface area (Å²) in [5.74, 6) is -0.287. The zero-order valence-electron chi connectivity index (χ0n) is 11.8. The summed E-state index contributed by atoms with van der Waals surface area (Å²) in [6.45, 7) is 0.236. The van der Waals surface area contributed by atoms with Crippen molar-refractivity contribution in [3.05, 3.63) is 74.6 Å². The summed E-state index contributed by atoms with van der Waals surface area (Å²) in [5, 5.41) is 0.966. The number of hydrogen-bond donors (Lipinski definition) is 0. The summed E-state index contributed by atoms with van der Waals surface area (Å²) in [6.07, 6.45) is 1.70. The molecule has 3 rings (SSSR count). The van der Waals surface area contributed by atoms with E-state index >= 15 is 0 Å². The van der Waals surface area contributed by atoms with E-state index in [1.165, 1.54) is 4.90 Å². The molecule has 0 radical (unpaired) electrons. The summed E-state index contributed by atoms with van der Waals surface area (Å²) in [6, 6.07) is 14.2. The van der Waals surface area contributed by atoms with Crippen molar-refractivity contribution in [1.29, 1.82) is 0 Å². The van der Waals surface area contributed by atoms with E-state index in [4.69, 9.17) is 23.2 Å². The van der Waals surface area contributed by atoms with Gasteiger partial charge in [0.05, 0.1) is 11.4 Å². The van der Waals surface area contributed by atoms with Gasteiger partial charge in [0.15, 0.2) is 0 Å². The summed E-state index contributed by atoms with van der Waals surface area (Å²) in [4.78, 5) is 26.2. The molecule has 1 saturated heterocycles. The molecule has 2 aromatic carbocycles. The van der Waals surface area contributed by atoms with Gasteiger partial charge in [-0.05, 0) is 53.2 Å². The molecule has 0 saturated carbocycles. The highest BCUT2D eigenvalue weighted by Crippen LogP contribution is 2.33. The quantitative estimate of drug-likeness (QED) is 0.700. The van der Waals surface area contributed by atoms with Crippen LogP contribution in [-0.2, 0) is 11.3 Å². The summed E-state index contributed by atoms with van der Waals surface area (Å²) in [5.41, 5.74) is 1.68. The third-order valence-corrected chi connectivity index (χ3v) is 4.71. The average molecular weight is 364 g/mol. The number of rotatable bonds is 3. The maximum atomic E-state index is 12.4. The van der Waals surface area contributed by atoms with Crippen molar-refractivity contribution in [3.63, 3.8) is 0 Å². The van der Waals surface area contributed by atoms with E-state index in [9.17, 15) is 9.59 Å². The van der Waals surface area contributed by atoms with Crippen LogP contribution in [0.2, 0.25) is 10.0 Å². The Bertz CT molecular complexity index is 785. The Hall–Kier alpha value is -1.75. The second kappa shape index (κ2) is 6.79. The van der Waals surface area contributed by atoms with Crippen LogP contribution < -0.4 is 0 Å². The first-order valence-corrected chi connectivity index (χ1v) is 8.35. The van der Waals surface area contributed by atoms with Crippen molar-refractivity contribution in [2.45, 2.75) is 6.54 Å². The lowest BCUT2D eigenvalue weighted by atomic mass is 10.2. The van der Waals surface area contributed by atoms with Gasteiger partial charge < -0.3 is 0 Å². The lowest BCUT2D eigenvalue weighted by molar-refractivity contribution is -0.123. The predicted octanol–water partition coefficient (Wildman–Crippen LogP) is 5.23. The molecule has 1 aliphatic heterocycles. The lowest BCUT2D eigenvalue weighted by Crippen LogP contribution is -2.27. The number of thioether (sulfide) groups is 1. The van der Waals surface area contributed by atoms with Gasteiger partial charge in [-0.3, -0.25) is 14.5 Å². The number of benzene rings is 2. The van der Waals surface area contributed by atoms with Crippen LogP contribution in [0.25, 0.3) is 6.08 Å². The molecule has 116 valence electrons. The summed E-state index contributed by atoms with van der Waals surface area (Å²) >= 11 is 12.6. The molecule has 3 nitrogen and oxygen atoms in total. The van der Waals surface area contributed by atoms with Gasteiger partial charge in [-0.15, -0.1) is 0 Å². The summed E-state index contributed by atoms with van der Waals surface area (Å²) in [7, 11) is 0. The number of nitrogens with zero attached hydrogens (tertiary/aromatic N) is 1. The van der Waals surface area contributed by atoms with Gasteiger partial charge >= 0.3 is 0 Å². The number of carbonyl (C=O) groups excluding carboxylic acids is 2. The Labute approximate surface area is 147 Å². The number of imide groups is 1. The molecule has 0 atom stereocenters. The lowest BCUT2D eigenvalue weighted by Gasteiger charge is -2.12. The standard InChI is InChI=1S/C17H11Cl2NO2S/c18-13-5-1-11(2-6-13)9-15-16(21)20(17(22)23-15)10-12-3-7-14(19)8-4-12/h1-9H,10H2/b15-9-. The first-order chi connectivity index (χ1) is 11.0. The van der Waals surface area contributed by atoms with Crippen molar-refractivity contribution < 1.29 is 9.59 Å². The minimum Gasteiger partial charge on any atom is -0.268 e. The maximum absolute atomic E-state index is 12.4. The SMILES string of the molecule is O=C1S/C(=C\c2ccc(Cl)cc2)C(=O)N1Cc1ccc(Cl)cc1. The highest BCUT2D eigenvalue weighted by atomic mass is 35.5. The van der Waals surface area contributed by atoms with Crippen molar-refractivity contribution in [2.75, 3.05) is 0 Å². The number of hydrogen-bond acceptors (Lipinski definition) is 3. The van der Waals surface area contributed by atoms with Crippen LogP contribution in [0.5, 0.6) is 0 Å². The molecule has 0 bridgehead atoms. The van der Waals surface area contributed by atoms with Gasteiger partial charge in [0.25, 0.3) is 11.1 Å². The van der Waals surface area contributed by atoms with Gasteiger partial charge in [0.2, 0.25) is 0 Å². The van der Waals surface area contributed by atoms with Crippen molar-refractivity contribution >= 4 is 52.2 Å². The van der Waals surface area contributed by atoms with Crippen LogP contribution >= 0.6 is 35.0 Å². The fourth-order valence-corrected chi connectivity index (χ4v) is 3.21. The molecular formula is C17H11Cl2NO2S. The van der Waals surface area contributed by atoms with E-state index in [-0.39, 0.29) is 17.7 Å². The van der Waals surface area contributed by atoms with Crippen LogP contribution in [0.4, 0.5) is 4.79 Å². The van der Waals surface area contributed by atoms with E-state index in [1.54, 1.807) is 54.6 Å². The van der Waals surface area contributed by atoms with E-state index in [1.807, 2.05) is 0 Å². The molecule has 6 heteroatoms. The van der Waals surface area contributed by atoms with Gasteiger partial charge in [0.1, 0.15) is 0 Å². The third kappa shape index (κ3) is 3.78. The molecule has 1 aliphatic rings. The number of carbonyl (C=O) groups is 2. The van der Waals surface area contributed by atoms with Gasteiger partial charge in [0, 0.05) is 10.0 Å². The molecule has 0 spiro atoms. The fraction of sp³-hybridized carbons (Fsp3) is 0.0588. The first kappa shape index (κ1) is 16.1. The third-order valence-electron chi connectivity index (χ3n) is 3.30. The highest BCUT2D eigenvalue weighted by molar-refractivity contribution is 8.18. The van der Waals surface area contributed by atoms with E-state index in [0.717, 1.165) is 22.9 Å². The molecule has 2 aromatic rings. The molecule has 0 unspecified atom stereocenters. The molecule has 1 heterocycles. The van der Waals surface area contributed by atoms with E-state index in [0.29, 0.717) is 15.0 Å². The number of halogens is 2. The molecule has 0 aromatic heterocycles. The first-order valence-electron chi connectivity index (χ1n) is 6.78. The van der Waals surface area contributed by atoms with Gasteiger partial charge in [-0.1, -0.05) is 47.5 Å². The largest absolute Gasteiger partial charge is 0.293 e. The number of amides is 2. The Morgan fingerprint density at radius 3 is 2.09 bits per heavy atom. The molecule has 1 fully saturated rings. The molecule has 23 heavy (non-hydrogen) atoms. The zero-order chi connectivity index (χ0) is 16.4. The Morgan fingerprint density at radius 1 is 0.913 bits per heavy atom. The molecule has 2 amide bonds. The Kier molecular flexibility index (Phi) is 4.76. The van der Waals surface area contributed by atoms with Gasteiger partial charge in [-0.25, -0.2) is 0 Å². The fourth-order valence-electron chi connectivity index (χ4n) is 2.12. The smallest absolute Gasteiger partial charge is 0.268 e. The van der Waals surface area contributed by atoms with Gasteiger partial charge in [-0.2, -0.15) is 0 Å².